The second-order valence-corrected chi connectivity index (χ2v) is 6.86. The van der Waals surface area contributed by atoms with Gasteiger partial charge in [0.15, 0.2) is 0 Å². The number of aromatic nitrogens is 1. The Morgan fingerprint density at radius 2 is 2.12 bits per heavy atom. The molecule has 0 aliphatic rings. The maximum Gasteiger partial charge on any atom is 0.220 e. The van der Waals surface area contributed by atoms with Gasteiger partial charge in [-0.15, -0.1) is 11.3 Å². The zero-order valence-corrected chi connectivity index (χ0v) is 14.9. The Morgan fingerprint density at radius 1 is 1.24 bits per heavy atom. The van der Waals surface area contributed by atoms with E-state index in [4.69, 9.17) is 11.6 Å². The minimum absolute atomic E-state index is 0.145. The predicted molar refractivity (Wildman–Crippen MR) is 99.1 cm³/mol. The Kier molecular flexibility index (Phi) is 5.79. The van der Waals surface area contributed by atoms with Crippen LogP contribution in [0.25, 0.3) is 10.6 Å². The van der Waals surface area contributed by atoms with Crippen LogP contribution in [-0.2, 0) is 17.8 Å². The number of thiophene rings is 1. The van der Waals surface area contributed by atoms with Crippen LogP contribution < -0.4 is 5.32 Å². The van der Waals surface area contributed by atoms with Gasteiger partial charge in [0, 0.05) is 29.7 Å². The number of halogens is 2. The van der Waals surface area contributed by atoms with Crippen LogP contribution in [0.4, 0.5) is 4.39 Å². The van der Waals surface area contributed by atoms with Gasteiger partial charge in [-0.2, -0.15) is 0 Å². The smallest absolute Gasteiger partial charge is 0.220 e. The lowest BCUT2D eigenvalue weighted by Gasteiger charge is -2.08. The molecule has 1 N–H and O–H groups in total. The Hall–Kier alpha value is -2.24. The third kappa shape index (κ3) is 4.65. The lowest BCUT2D eigenvalue weighted by Crippen LogP contribution is -2.23. The van der Waals surface area contributed by atoms with E-state index in [1.165, 1.54) is 6.07 Å². The fourth-order valence-electron chi connectivity index (χ4n) is 2.44. The molecule has 25 heavy (non-hydrogen) atoms. The molecule has 0 saturated carbocycles. The maximum atomic E-state index is 13.7. The Labute approximate surface area is 154 Å². The van der Waals surface area contributed by atoms with Crippen molar-refractivity contribution in [3.8, 4) is 10.6 Å². The summed E-state index contributed by atoms with van der Waals surface area (Å²) >= 11 is 7.59. The summed E-state index contributed by atoms with van der Waals surface area (Å²) in [5, 5.41) is 5.20. The zero-order valence-electron chi connectivity index (χ0n) is 13.3. The van der Waals surface area contributed by atoms with Crippen molar-refractivity contribution in [2.75, 3.05) is 0 Å². The maximum absolute atomic E-state index is 13.7. The third-order valence-corrected chi connectivity index (χ3v) is 5.00. The van der Waals surface area contributed by atoms with Crippen LogP contribution in [0.3, 0.4) is 0 Å². The molecule has 0 bridgehead atoms. The van der Waals surface area contributed by atoms with Gasteiger partial charge in [-0.1, -0.05) is 23.7 Å². The van der Waals surface area contributed by atoms with Crippen LogP contribution in [0.1, 0.15) is 17.5 Å². The lowest BCUT2D eigenvalue weighted by atomic mass is 10.1. The molecule has 0 atom stereocenters. The van der Waals surface area contributed by atoms with Gasteiger partial charge in [0.05, 0.1) is 10.6 Å². The lowest BCUT2D eigenvalue weighted by molar-refractivity contribution is -0.121. The van der Waals surface area contributed by atoms with Gasteiger partial charge in [0.1, 0.15) is 5.82 Å². The summed E-state index contributed by atoms with van der Waals surface area (Å²) in [4.78, 5) is 17.5. The van der Waals surface area contributed by atoms with Crippen molar-refractivity contribution in [1.29, 1.82) is 0 Å². The number of amides is 1. The largest absolute Gasteiger partial charge is 0.352 e. The van der Waals surface area contributed by atoms with Crippen LogP contribution in [0.15, 0.2) is 54.0 Å². The van der Waals surface area contributed by atoms with E-state index in [1.807, 2.05) is 29.6 Å². The summed E-state index contributed by atoms with van der Waals surface area (Å²) in [6.45, 7) is 0.407. The van der Waals surface area contributed by atoms with Gasteiger partial charge in [0.25, 0.3) is 0 Å². The highest BCUT2D eigenvalue weighted by atomic mass is 35.5. The predicted octanol–water partition coefficient (Wildman–Crippen LogP) is 4.85. The molecule has 3 nitrogen and oxygen atoms in total. The molecule has 0 aliphatic heterocycles. The summed E-state index contributed by atoms with van der Waals surface area (Å²) in [6, 6.07) is 12.3. The summed E-state index contributed by atoms with van der Waals surface area (Å²) in [7, 11) is 0. The van der Waals surface area contributed by atoms with Gasteiger partial charge in [-0.3, -0.25) is 9.78 Å². The minimum atomic E-state index is -0.380. The standard InChI is InChI=1S/C19H16ClFN2OS/c20-15-3-1-4-16(21)14(15)6-7-19(24)23-12-13-8-9-22-17(11-13)18-5-2-10-25-18/h1-5,8-11H,6-7,12H2,(H,23,24). The van der Waals surface area contributed by atoms with Gasteiger partial charge in [-0.25, -0.2) is 4.39 Å². The molecule has 2 aromatic heterocycles. The number of nitrogens with zero attached hydrogens (tertiary/aromatic N) is 1. The van der Waals surface area contributed by atoms with Crippen molar-refractivity contribution in [2.45, 2.75) is 19.4 Å². The molecule has 3 aromatic rings. The number of pyridine rings is 1. The molecule has 0 radical (unpaired) electrons. The van der Waals surface area contributed by atoms with E-state index in [-0.39, 0.29) is 24.6 Å². The number of nitrogens with one attached hydrogen (secondary N) is 1. The molecular weight excluding hydrogens is 359 g/mol. The van der Waals surface area contributed by atoms with Crippen LogP contribution in [0.2, 0.25) is 5.02 Å². The Bertz CT molecular complexity index is 847. The zero-order chi connectivity index (χ0) is 17.6. The second kappa shape index (κ2) is 8.23. The van der Waals surface area contributed by atoms with Gasteiger partial charge >= 0.3 is 0 Å². The highest BCUT2D eigenvalue weighted by molar-refractivity contribution is 7.13. The van der Waals surface area contributed by atoms with Crippen molar-refractivity contribution in [3.63, 3.8) is 0 Å². The first-order valence-electron chi connectivity index (χ1n) is 7.82. The fourth-order valence-corrected chi connectivity index (χ4v) is 3.39. The van der Waals surface area contributed by atoms with Crippen LogP contribution in [0, 0.1) is 5.82 Å². The number of benzene rings is 1. The van der Waals surface area contributed by atoms with E-state index < -0.39 is 0 Å². The monoisotopic (exact) mass is 374 g/mol. The minimum Gasteiger partial charge on any atom is -0.352 e. The molecule has 1 amide bonds. The molecule has 0 fully saturated rings. The second-order valence-electron chi connectivity index (χ2n) is 5.50. The van der Waals surface area contributed by atoms with Crippen molar-refractivity contribution >= 4 is 28.8 Å². The highest BCUT2D eigenvalue weighted by Crippen LogP contribution is 2.23. The quantitative estimate of drug-likeness (QED) is 0.670. The van der Waals surface area contributed by atoms with Crippen molar-refractivity contribution in [3.05, 3.63) is 76.0 Å². The van der Waals surface area contributed by atoms with Crippen LogP contribution in [-0.4, -0.2) is 10.9 Å². The summed E-state index contributed by atoms with van der Waals surface area (Å²) < 4.78 is 13.7. The van der Waals surface area contributed by atoms with Crippen LogP contribution >= 0.6 is 22.9 Å². The van der Waals surface area contributed by atoms with E-state index in [2.05, 4.69) is 10.3 Å². The molecule has 0 unspecified atom stereocenters. The van der Waals surface area contributed by atoms with Gasteiger partial charge in [-0.05, 0) is 47.7 Å². The molecule has 0 saturated heterocycles. The van der Waals surface area contributed by atoms with E-state index in [0.29, 0.717) is 17.1 Å². The van der Waals surface area contributed by atoms with Crippen LogP contribution in [0.5, 0.6) is 0 Å². The molecule has 0 spiro atoms. The normalized spacial score (nSPS) is 10.6. The molecule has 2 heterocycles. The molecule has 128 valence electrons. The van der Waals surface area contributed by atoms with E-state index in [9.17, 15) is 9.18 Å². The van der Waals surface area contributed by atoms with Crippen molar-refractivity contribution in [2.24, 2.45) is 0 Å². The fraction of sp³-hybridized carbons (Fsp3) is 0.158. The summed E-state index contributed by atoms with van der Waals surface area (Å²) in [5.74, 6) is -0.524. The Balaban J connectivity index is 1.55. The number of hydrogen-bond acceptors (Lipinski definition) is 3. The Morgan fingerprint density at radius 3 is 2.88 bits per heavy atom. The average Bonchev–Trinajstić information content (AvgIpc) is 3.14. The molecule has 6 heteroatoms. The highest BCUT2D eigenvalue weighted by Gasteiger charge is 2.10. The molecule has 1 aromatic carbocycles. The van der Waals surface area contributed by atoms with E-state index in [0.717, 1.165) is 16.1 Å². The first-order valence-corrected chi connectivity index (χ1v) is 9.07. The third-order valence-electron chi connectivity index (χ3n) is 3.75. The van der Waals surface area contributed by atoms with E-state index >= 15 is 0 Å². The first kappa shape index (κ1) is 17.6. The number of carbonyl (C=O) groups excluding carboxylic acids is 1. The first-order chi connectivity index (χ1) is 12.1. The summed E-state index contributed by atoms with van der Waals surface area (Å²) in [5.41, 5.74) is 2.23. The average molecular weight is 375 g/mol. The SMILES string of the molecule is O=C(CCc1c(F)cccc1Cl)NCc1ccnc(-c2cccs2)c1. The topological polar surface area (TPSA) is 42.0 Å². The molecule has 3 rings (SSSR count). The van der Waals surface area contributed by atoms with Gasteiger partial charge in [0.2, 0.25) is 5.91 Å². The summed E-state index contributed by atoms with van der Waals surface area (Å²) in [6.07, 6.45) is 2.19. The van der Waals surface area contributed by atoms with Crippen molar-refractivity contribution < 1.29 is 9.18 Å². The molecular formula is C19H16ClFN2OS. The van der Waals surface area contributed by atoms with Crippen molar-refractivity contribution in [1.82, 2.24) is 10.3 Å². The number of rotatable bonds is 6. The number of carbonyl (C=O) groups is 1. The van der Waals surface area contributed by atoms with E-state index in [1.54, 1.807) is 29.7 Å². The van der Waals surface area contributed by atoms with Gasteiger partial charge < -0.3 is 5.32 Å². The number of hydrogen-bond donors (Lipinski definition) is 1. The molecule has 0 aliphatic carbocycles.